The SMILES string of the molecule is COc1ccc(/N=C/Cc2ccccc2)cc1. The summed E-state index contributed by atoms with van der Waals surface area (Å²) in [6, 6.07) is 18.0. The molecule has 0 atom stereocenters. The van der Waals surface area contributed by atoms with E-state index in [0.29, 0.717) is 0 Å². The third-order valence-corrected chi connectivity index (χ3v) is 2.48. The molecular weight excluding hydrogens is 210 g/mol. The molecule has 0 spiro atoms. The van der Waals surface area contributed by atoms with Crippen molar-refractivity contribution in [2.24, 2.45) is 4.99 Å². The van der Waals surface area contributed by atoms with E-state index in [0.717, 1.165) is 17.9 Å². The van der Waals surface area contributed by atoms with Gasteiger partial charge in [-0.25, -0.2) is 0 Å². The van der Waals surface area contributed by atoms with Gasteiger partial charge in [-0.05, 0) is 29.8 Å². The van der Waals surface area contributed by atoms with Crippen molar-refractivity contribution in [3.05, 3.63) is 60.2 Å². The lowest BCUT2D eigenvalue weighted by atomic mass is 10.2. The van der Waals surface area contributed by atoms with Crippen LogP contribution in [-0.2, 0) is 6.42 Å². The van der Waals surface area contributed by atoms with Gasteiger partial charge in [-0.2, -0.15) is 0 Å². The van der Waals surface area contributed by atoms with E-state index in [1.165, 1.54) is 5.56 Å². The summed E-state index contributed by atoms with van der Waals surface area (Å²) in [5.74, 6) is 0.854. The zero-order valence-corrected chi connectivity index (χ0v) is 9.84. The summed E-state index contributed by atoms with van der Waals surface area (Å²) in [5.41, 5.74) is 2.21. The number of hydrogen-bond acceptors (Lipinski definition) is 2. The molecule has 0 aromatic heterocycles. The molecule has 0 saturated heterocycles. The number of ether oxygens (including phenoxy) is 1. The highest BCUT2D eigenvalue weighted by Crippen LogP contribution is 2.17. The van der Waals surface area contributed by atoms with E-state index in [-0.39, 0.29) is 0 Å². The molecule has 2 aromatic carbocycles. The fourth-order valence-electron chi connectivity index (χ4n) is 1.54. The van der Waals surface area contributed by atoms with Gasteiger partial charge in [-0.3, -0.25) is 4.99 Å². The lowest BCUT2D eigenvalue weighted by Crippen LogP contribution is -1.84. The van der Waals surface area contributed by atoms with Crippen LogP contribution < -0.4 is 4.74 Å². The minimum atomic E-state index is 0.854. The average molecular weight is 225 g/mol. The molecule has 0 unspecified atom stereocenters. The second kappa shape index (κ2) is 5.85. The van der Waals surface area contributed by atoms with Crippen molar-refractivity contribution in [1.82, 2.24) is 0 Å². The molecule has 0 amide bonds. The first-order valence-electron chi connectivity index (χ1n) is 5.59. The van der Waals surface area contributed by atoms with Crippen molar-refractivity contribution in [2.45, 2.75) is 6.42 Å². The van der Waals surface area contributed by atoms with Gasteiger partial charge in [-0.15, -0.1) is 0 Å². The molecule has 86 valence electrons. The van der Waals surface area contributed by atoms with Gasteiger partial charge in [-0.1, -0.05) is 30.3 Å². The average Bonchev–Trinajstić information content (AvgIpc) is 2.41. The van der Waals surface area contributed by atoms with Gasteiger partial charge in [0.05, 0.1) is 12.8 Å². The second-order valence-corrected chi connectivity index (χ2v) is 3.70. The number of aliphatic imine (C=N–C) groups is 1. The third-order valence-electron chi connectivity index (χ3n) is 2.48. The van der Waals surface area contributed by atoms with E-state index in [2.05, 4.69) is 17.1 Å². The molecule has 0 aliphatic rings. The summed E-state index contributed by atoms with van der Waals surface area (Å²) < 4.78 is 5.09. The van der Waals surface area contributed by atoms with Crippen molar-refractivity contribution in [2.75, 3.05) is 7.11 Å². The fraction of sp³-hybridized carbons (Fsp3) is 0.133. The van der Waals surface area contributed by atoms with E-state index in [4.69, 9.17) is 4.74 Å². The number of methoxy groups -OCH3 is 1. The Balaban J connectivity index is 1.96. The van der Waals surface area contributed by atoms with Gasteiger partial charge in [0.2, 0.25) is 0 Å². The molecule has 0 N–H and O–H groups in total. The lowest BCUT2D eigenvalue weighted by Gasteiger charge is -1.99. The number of rotatable bonds is 4. The summed E-state index contributed by atoms with van der Waals surface area (Å²) in [6.45, 7) is 0. The fourth-order valence-corrected chi connectivity index (χ4v) is 1.54. The molecule has 2 aromatic rings. The largest absolute Gasteiger partial charge is 0.497 e. The molecule has 0 radical (unpaired) electrons. The van der Waals surface area contributed by atoms with E-state index in [1.54, 1.807) is 7.11 Å². The molecule has 2 nitrogen and oxygen atoms in total. The zero-order valence-electron chi connectivity index (χ0n) is 9.84. The molecule has 0 fully saturated rings. The van der Waals surface area contributed by atoms with Crippen LogP contribution in [0, 0.1) is 0 Å². The van der Waals surface area contributed by atoms with Crippen LogP contribution in [-0.4, -0.2) is 13.3 Å². The van der Waals surface area contributed by atoms with Crippen LogP contribution in [0.4, 0.5) is 5.69 Å². The van der Waals surface area contributed by atoms with Gasteiger partial charge in [0.15, 0.2) is 0 Å². The van der Waals surface area contributed by atoms with E-state index in [1.807, 2.05) is 48.7 Å². The molecule has 0 aliphatic heterocycles. The highest BCUT2D eigenvalue weighted by molar-refractivity contribution is 5.66. The summed E-state index contributed by atoms with van der Waals surface area (Å²) in [7, 11) is 1.66. The maximum Gasteiger partial charge on any atom is 0.119 e. The first-order chi connectivity index (χ1) is 8.38. The highest BCUT2D eigenvalue weighted by atomic mass is 16.5. The Morgan fingerprint density at radius 2 is 1.71 bits per heavy atom. The third kappa shape index (κ3) is 3.45. The number of benzene rings is 2. The molecule has 0 bridgehead atoms. The summed E-state index contributed by atoms with van der Waals surface area (Å²) in [6.07, 6.45) is 2.78. The summed E-state index contributed by atoms with van der Waals surface area (Å²) in [5, 5.41) is 0. The van der Waals surface area contributed by atoms with Crippen LogP contribution in [0.5, 0.6) is 5.75 Å². The van der Waals surface area contributed by atoms with Gasteiger partial charge < -0.3 is 4.74 Å². The van der Waals surface area contributed by atoms with Crippen LogP contribution in [0.2, 0.25) is 0 Å². The van der Waals surface area contributed by atoms with Crippen LogP contribution >= 0.6 is 0 Å². The Morgan fingerprint density at radius 3 is 2.35 bits per heavy atom. The van der Waals surface area contributed by atoms with Gasteiger partial charge >= 0.3 is 0 Å². The first kappa shape index (κ1) is 11.4. The highest BCUT2D eigenvalue weighted by Gasteiger charge is 1.91. The zero-order chi connectivity index (χ0) is 11.9. The molecule has 2 heteroatoms. The summed E-state index contributed by atoms with van der Waals surface area (Å²) in [4.78, 5) is 4.40. The standard InChI is InChI=1S/C15H15NO/c1-17-15-9-7-14(8-10-15)16-12-11-13-5-3-2-4-6-13/h2-10,12H,11H2,1H3/b16-12+. The number of hydrogen-bond donors (Lipinski definition) is 0. The predicted octanol–water partition coefficient (Wildman–Crippen LogP) is 3.64. The van der Waals surface area contributed by atoms with E-state index < -0.39 is 0 Å². The Labute approximate surface area is 102 Å². The normalized spacial score (nSPS) is 10.6. The van der Waals surface area contributed by atoms with Gasteiger partial charge in [0, 0.05) is 12.6 Å². The van der Waals surface area contributed by atoms with Crippen molar-refractivity contribution in [3.8, 4) is 5.75 Å². The Morgan fingerprint density at radius 1 is 1.00 bits per heavy atom. The van der Waals surface area contributed by atoms with Crippen LogP contribution in [0.15, 0.2) is 59.6 Å². The molecule has 0 saturated carbocycles. The van der Waals surface area contributed by atoms with Crippen LogP contribution in [0.1, 0.15) is 5.56 Å². The maximum atomic E-state index is 5.09. The quantitative estimate of drug-likeness (QED) is 0.728. The predicted molar refractivity (Wildman–Crippen MR) is 71.3 cm³/mol. The Hall–Kier alpha value is -2.09. The monoisotopic (exact) mass is 225 g/mol. The topological polar surface area (TPSA) is 21.6 Å². The molecular formula is C15H15NO. The molecule has 2 rings (SSSR count). The summed E-state index contributed by atoms with van der Waals surface area (Å²) >= 11 is 0. The Bertz CT molecular complexity index is 474. The van der Waals surface area contributed by atoms with Crippen LogP contribution in [0.3, 0.4) is 0 Å². The van der Waals surface area contributed by atoms with Crippen molar-refractivity contribution >= 4 is 11.9 Å². The van der Waals surface area contributed by atoms with Crippen molar-refractivity contribution in [1.29, 1.82) is 0 Å². The Kier molecular flexibility index (Phi) is 3.92. The lowest BCUT2D eigenvalue weighted by molar-refractivity contribution is 0.415. The molecule has 0 heterocycles. The minimum absolute atomic E-state index is 0.854. The molecule has 0 aliphatic carbocycles. The van der Waals surface area contributed by atoms with E-state index >= 15 is 0 Å². The van der Waals surface area contributed by atoms with Gasteiger partial charge in [0.25, 0.3) is 0 Å². The van der Waals surface area contributed by atoms with Crippen molar-refractivity contribution < 1.29 is 4.74 Å². The minimum Gasteiger partial charge on any atom is -0.497 e. The maximum absolute atomic E-state index is 5.09. The van der Waals surface area contributed by atoms with Crippen LogP contribution in [0.25, 0.3) is 0 Å². The van der Waals surface area contributed by atoms with E-state index in [9.17, 15) is 0 Å². The number of nitrogens with zero attached hydrogens (tertiary/aromatic N) is 1. The second-order valence-electron chi connectivity index (χ2n) is 3.70. The molecule has 17 heavy (non-hydrogen) atoms. The van der Waals surface area contributed by atoms with Gasteiger partial charge in [0.1, 0.15) is 5.75 Å². The smallest absolute Gasteiger partial charge is 0.119 e. The van der Waals surface area contributed by atoms with Crippen molar-refractivity contribution in [3.63, 3.8) is 0 Å². The first-order valence-corrected chi connectivity index (χ1v) is 5.59.